The van der Waals surface area contributed by atoms with Crippen LogP contribution in [0.25, 0.3) is 0 Å². The third-order valence-corrected chi connectivity index (χ3v) is 4.37. The summed E-state index contributed by atoms with van der Waals surface area (Å²) in [5, 5.41) is 3.46. The Morgan fingerprint density at radius 1 is 1.10 bits per heavy atom. The van der Waals surface area contributed by atoms with Gasteiger partial charge in [-0.1, -0.05) is 12.1 Å². The standard InChI is InChI=1S/C16H21F3N2/c17-16(18,19)14-6-1-2-7-15(14)21-10-4-3-5-13(21)11-20-12-8-9-12/h1-2,6-7,12-13,20H,3-5,8-11H2. The lowest BCUT2D eigenvalue weighted by molar-refractivity contribution is -0.137. The van der Waals surface area contributed by atoms with Gasteiger partial charge in [0.15, 0.2) is 0 Å². The Bertz CT molecular complexity index is 483. The SMILES string of the molecule is FC(F)(F)c1ccccc1N1CCCCC1CNC1CC1. The Morgan fingerprint density at radius 3 is 2.57 bits per heavy atom. The molecule has 1 N–H and O–H groups in total. The highest BCUT2D eigenvalue weighted by Gasteiger charge is 2.36. The lowest BCUT2D eigenvalue weighted by Gasteiger charge is -2.39. The normalized spacial score (nSPS) is 23.4. The second kappa shape index (κ2) is 5.87. The molecule has 21 heavy (non-hydrogen) atoms. The monoisotopic (exact) mass is 298 g/mol. The Hall–Kier alpha value is -1.23. The molecule has 2 fully saturated rings. The summed E-state index contributed by atoms with van der Waals surface area (Å²) in [6, 6.07) is 6.72. The Balaban J connectivity index is 1.81. The summed E-state index contributed by atoms with van der Waals surface area (Å²) in [4.78, 5) is 1.96. The molecule has 1 aromatic carbocycles. The average Bonchev–Trinajstić information content (AvgIpc) is 3.29. The lowest BCUT2D eigenvalue weighted by atomic mass is 9.99. The maximum absolute atomic E-state index is 13.2. The van der Waals surface area contributed by atoms with Gasteiger partial charge in [0.2, 0.25) is 0 Å². The van der Waals surface area contributed by atoms with Crippen molar-refractivity contribution in [2.75, 3.05) is 18.0 Å². The van der Waals surface area contributed by atoms with E-state index in [1.54, 1.807) is 12.1 Å². The zero-order valence-corrected chi connectivity index (χ0v) is 12.0. The van der Waals surface area contributed by atoms with E-state index in [-0.39, 0.29) is 6.04 Å². The first-order valence-corrected chi connectivity index (χ1v) is 7.72. The van der Waals surface area contributed by atoms with Crippen molar-refractivity contribution in [1.82, 2.24) is 5.32 Å². The zero-order valence-electron chi connectivity index (χ0n) is 12.0. The van der Waals surface area contributed by atoms with Gasteiger partial charge in [0.25, 0.3) is 0 Å². The van der Waals surface area contributed by atoms with Gasteiger partial charge in [-0.05, 0) is 44.2 Å². The van der Waals surface area contributed by atoms with Gasteiger partial charge >= 0.3 is 6.18 Å². The second-order valence-electron chi connectivity index (χ2n) is 6.04. The quantitative estimate of drug-likeness (QED) is 0.909. The largest absolute Gasteiger partial charge is 0.418 e. The number of halogens is 3. The summed E-state index contributed by atoms with van der Waals surface area (Å²) < 4.78 is 39.6. The van der Waals surface area contributed by atoms with E-state index in [2.05, 4.69) is 5.32 Å². The highest BCUT2D eigenvalue weighted by Crippen LogP contribution is 2.38. The summed E-state index contributed by atoms with van der Waals surface area (Å²) >= 11 is 0. The summed E-state index contributed by atoms with van der Waals surface area (Å²) in [6.07, 6.45) is 1.14. The van der Waals surface area contributed by atoms with Gasteiger partial charge in [-0.15, -0.1) is 0 Å². The highest BCUT2D eigenvalue weighted by atomic mass is 19.4. The molecule has 0 radical (unpaired) electrons. The molecular weight excluding hydrogens is 277 g/mol. The number of nitrogens with zero attached hydrogens (tertiary/aromatic N) is 1. The maximum Gasteiger partial charge on any atom is 0.418 e. The molecule has 3 rings (SSSR count). The molecule has 0 aromatic heterocycles. The molecule has 1 aromatic rings. The second-order valence-corrected chi connectivity index (χ2v) is 6.04. The number of benzene rings is 1. The minimum atomic E-state index is -4.29. The van der Waals surface area contributed by atoms with E-state index in [0.29, 0.717) is 18.3 Å². The predicted molar refractivity (Wildman–Crippen MR) is 77.5 cm³/mol. The number of piperidine rings is 1. The van der Waals surface area contributed by atoms with Crippen LogP contribution in [-0.4, -0.2) is 25.2 Å². The van der Waals surface area contributed by atoms with E-state index < -0.39 is 11.7 Å². The number of alkyl halides is 3. The molecule has 1 aliphatic carbocycles. The molecule has 1 unspecified atom stereocenters. The molecule has 0 spiro atoms. The molecule has 0 amide bonds. The van der Waals surface area contributed by atoms with Gasteiger partial charge in [-0.3, -0.25) is 0 Å². The number of hydrogen-bond acceptors (Lipinski definition) is 2. The minimum absolute atomic E-state index is 0.169. The van der Waals surface area contributed by atoms with Crippen molar-refractivity contribution < 1.29 is 13.2 Å². The first kappa shape index (κ1) is 14.7. The molecule has 2 nitrogen and oxygen atoms in total. The summed E-state index contributed by atoms with van der Waals surface area (Å²) in [6.45, 7) is 1.50. The molecule has 116 valence electrons. The van der Waals surface area contributed by atoms with Crippen LogP contribution >= 0.6 is 0 Å². The van der Waals surface area contributed by atoms with Gasteiger partial charge in [-0.25, -0.2) is 0 Å². The van der Waals surface area contributed by atoms with Gasteiger partial charge in [0.1, 0.15) is 0 Å². The van der Waals surface area contributed by atoms with Crippen molar-refractivity contribution in [3.8, 4) is 0 Å². The fraction of sp³-hybridized carbons (Fsp3) is 0.625. The van der Waals surface area contributed by atoms with Crippen molar-refractivity contribution in [1.29, 1.82) is 0 Å². The predicted octanol–water partition coefficient (Wildman–Crippen LogP) is 3.82. The maximum atomic E-state index is 13.2. The zero-order chi connectivity index (χ0) is 14.9. The van der Waals surface area contributed by atoms with Crippen LogP contribution in [-0.2, 0) is 6.18 Å². The van der Waals surface area contributed by atoms with Crippen LogP contribution < -0.4 is 10.2 Å². The van der Waals surface area contributed by atoms with Crippen LogP contribution in [0.3, 0.4) is 0 Å². The van der Waals surface area contributed by atoms with Crippen LogP contribution in [0.5, 0.6) is 0 Å². The molecular formula is C16H21F3N2. The smallest absolute Gasteiger partial charge is 0.367 e. The van der Waals surface area contributed by atoms with Crippen molar-refractivity contribution in [2.45, 2.75) is 50.4 Å². The Labute approximate surface area is 123 Å². The van der Waals surface area contributed by atoms with Crippen LogP contribution in [0.15, 0.2) is 24.3 Å². The molecule has 1 heterocycles. The summed E-state index contributed by atoms with van der Waals surface area (Å²) in [5.74, 6) is 0. The van der Waals surface area contributed by atoms with E-state index in [0.717, 1.165) is 25.8 Å². The third kappa shape index (κ3) is 3.51. The Kier molecular flexibility index (Phi) is 4.11. The topological polar surface area (TPSA) is 15.3 Å². The molecule has 1 aliphatic heterocycles. The first-order chi connectivity index (χ1) is 10.1. The van der Waals surface area contributed by atoms with Crippen molar-refractivity contribution in [3.63, 3.8) is 0 Å². The summed E-state index contributed by atoms with van der Waals surface area (Å²) in [5.41, 5.74) is -0.171. The number of para-hydroxylation sites is 1. The first-order valence-electron chi connectivity index (χ1n) is 7.72. The van der Waals surface area contributed by atoms with E-state index >= 15 is 0 Å². The number of rotatable bonds is 4. The van der Waals surface area contributed by atoms with Gasteiger partial charge in [-0.2, -0.15) is 13.2 Å². The van der Waals surface area contributed by atoms with E-state index in [4.69, 9.17) is 0 Å². The van der Waals surface area contributed by atoms with E-state index in [1.807, 2.05) is 4.90 Å². The van der Waals surface area contributed by atoms with Crippen LogP contribution in [0.2, 0.25) is 0 Å². The van der Waals surface area contributed by atoms with Crippen LogP contribution in [0.1, 0.15) is 37.7 Å². The van der Waals surface area contributed by atoms with Crippen LogP contribution in [0, 0.1) is 0 Å². The van der Waals surface area contributed by atoms with Crippen molar-refractivity contribution in [2.24, 2.45) is 0 Å². The molecule has 1 saturated heterocycles. The average molecular weight is 298 g/mol. The third-order valence-electron chi connectivity index (χ3n) is 4.37. The number of nitrogens with one attached hydrogen (secondary N) is 1. The molecule has 1 atom stereocenters. The van der Waals surface area contributed by atoms with Crippen molar-refractivity contribution in [3.05, 3.63) is 29.8 Å². The number of anilines is 1. The molecule has 0 bridgehead atoms. The van der Waals surface area contributed by atoms with Crippen LogP contribution in [0.4, 0.5) is 18.9 Å². The van der Waals surface area contributed by atoms with Crippen molar-refractivity contribution >= 4 is 5.69 Å². The molecule has 5 heteroatoms. The lowest BCUT2D eigenvalue weighted by Crippen LogP contribution is -2.46. The summed E-state index contributed by atoms with van der Waals surface area (Å²) in [7, 11) is 0. The molecule has 1 saturated carbocycles. The van der Waals surface area contributed by atoms with Gasteiger partial charge < -0.3 is 10.2 Å². The Morgan fingerprint density at radius 2 is 1.86 bits per heavy atom. The fourth-order valence-corrected chi connectivity index (χ4v) is 3.08. The highest BCUT2D eigenvalue weighted by molar-refractivity contribution is 5.56. The van der Waals surface area contributed by atoms with E-state index in [1.165, 1.54) is 25.0 Å². The van der Waals surface area contributed by atoms with E-state index in [9.17, 15) is 13.2 Å². The van der Waals surface area contributed by atoms with Gasteiger partial charge in [0.05, 0.1) is 5.56 Å². The van der Waals surface area contributed by atoms with Gasteiger partial charge in [0, 0.05) is 30.9 Å². The number of hydrogen-bond donors (Lipinski definition) is 1. The fourth-order valence-electron chi connectivity index (χ4n) is 3.08. The minimum Gasteiger partial charge on any atom is -0.367 e. The molecule has 2 aliphatic rings.